The molecule has 0 aromatic heterocycles. The van der Waals surface area contributed by atoms with Crippen molar-refractivity contribution in [3.05, 3.63) is 59.7 Å². The molecule has 0 aliphatic rings. The van der Waals surface area contributed by atoms with E-state index >= 15 is 0 Å². The summed E-state index contributed by atoms with van der Waals surface area (Å²) in [5, 5.41) is 2.86. The number of hydrogen-bond donors (Lipinski definition) is 1. The number of alkyl halides is 2. The van der Waals surface area contributed by atoms with E-state index in [9.17, 15) is 13.6 Å². The molecule has 0 heterocycles. The first-order valence-corrected chi connectivity index (χ1v) is 7.58. The summed E-state index contributed by atoms with van der Waals surface area (Å²) < 4.78 is 34.5. The zero-order chi connectivity index (χ0) is 17.5. The highest BCUT2D eigenvalue weighted by Gasteiger charge is 2.16. The fourth-order valence-electron chi connectivity index (χ4n) is 2.22. The fourth-order valence-corrected chi connectivity index (χ4v) is 2.22. The Morgan fingerprint density at radius 3 is 2.46 bits per heavy atom. The van der Waals surface area contributed by atoms with E-state index in [0.29, 0.717) is 5.56 Å². The zero-order valence-electron chi connectivity index (χ0n) is 13.5. The zero-order valence-corrected chi connectivity index (χ0v) is 13.5. The first kappa shape index (κ1) is 17.7. The number of halogens is 2. The molecular formula is C18H19F2NO3. The third-order valence-electron chi connectivity index (χ3n) is 3.37. The molecule has 0 spiro atoms. The highest BCUT2D eigenvalue weighted by molar-refractivity contribution is 5.95. The molecule has 0 saturated heterocycles. The first-order valence-electron chi connectivity index (χ1n) is 7.58. The van der Waals surface area contributed by atoms with Crippen molar-refractivity contribution in [2.45, 2.75) is 26.5 Å². The van der Waals surface area contributed by atoms with Crippen LogP contribution < -0.4 is 14.8 Å². The number of amides is 1. The predicted octanol–water partition coefficient (Wildman–Crippen LogP) is 4.18. The molecule has 0 aliphatic heterocycles. The van der Waals surface area contributed by atoms with Crippen molar-refractivity contribution < 1.29 is 23.0 Å². The van der Waals surface area contributed by atoms with E-state index in [4.69, 9.17) is 4.74 Å². The normalized spacial score (nSPS) is 11.9. The highest BCUT2D eigenvalue weighted by Crippen LogP contribution is 2.30. The summed E-state index contributed by atoms with van der Waals surface area (Å²) in [6, 6.07) is 13.4. The van der Waals surface area contributed by atoms with E-state index in [1.807, 2.05) is 37.3 Å². The summed E-state index contributed by atoms with van der Waals surface area (Å²) in [5.41, 5.74) is 1.27. The van der Waals surface area contributed by atoms with Gasteiger partial charge in [0.15, 0.2) is 11.5 Å². The molecule has 0 aliphatic carbocycles. The summed E-state index contributed by atoms with van der Waals surface area (Å²) in [7, 11) is 0. The van der Waals surface area contributed by atoms with Crippen molar-refractivity contribution in [2.24, 2.45) is 0 Å². The van der Waals surface area contributed by atoms with Gasteiger partial charge in [0.2, 0.25) is 0 Å². The van der Waals surface area contributed by atoms with Crippen molar-refractivity contribution in [3.63, 3.8) is 0 Å². The molecule has 2 aromatic carbocycles. The third-order valence-corrected chi connectivity index (χ3v) is 3.37. The average Bonchev–Trinajstić information content (AvgIpc) is 2.57. The Morgan fingerprint density at radius 1 is 1.12 bits per heavy atom. The number of benzene rings is 2. The van der Waals surface area contributed by atoms with Gasteiger partial charge in [-0.1, -0.05) is 30.3 Å². The summed E-state index contributed by atoms with van der Waals surface area (Å²) in [6.07, 6.45) is 0. The molecule has 0 saturated carbocycles. The quantitative estimate of drug-likeness (QED) is 0.826. The van der Waals surface area contributed by atoms with Gasteiger partial charge in [-0.2, -0.15) is 8.78 Å². The third kappa shape index (κ3) is 4.68. The molecule has 0 unspecified atom stereocenters. The lowest BCUT2D eigenvalue weighted by Gasteiger charge is -2.16. The summed E-state index contributed by atoms with van der Waals surface area (Å²) in [5.74, 6) is -0.312. The van der Waals surface area contributed by atoms with Gasteiger partial charge in [-0.05, 0) is 37.6 Å². The van der Waals surface area contributed by atoms with Crippen LogP contribution in [0.3, 0.4) is 0 Å². The van der Waals surface area contributed by atoms with Crippen molar-refractivity contribution in [2.75, 3.05) is 6.61 Å². The van der Waals surface area contributed by atoms with E-state index in [-0.39, 0.29) is 30.1 Å². The molecule has 128 valence electrons. The maximum absolute atomic E-state index is 12.4. The van der Waals surface area contributed by atoms with Crippen molar-refractivity contribution in [1.82, 2.24) is 5.32 Å². The number of ether oxygens (including phenoxy) is 2. The van der Waals surface area contributed by atoms with Crippen LogP contribution in [0.25, 0.3) is 0 Å². The second-order valence-electron chi connectivity index (χ2n) is 5.08. The minimum absolute atomic E-state index is 0.0977. The molecule has 6 heteroatoms. The van der Waals surface area contributed by atoms with Crippen LogP contribution in [0.4, 0.5) is 8.78 Å². The van der Waals surface area contributed by atoms with Gasteiger partial charge in [-0.3, -0.25) is 4.79 Å². The van der Waals surface area contributed by atoms with Crippen LogP contribution in [-0.2, 0) is 0 Å². The van der Waals surface area contributed by atoms with E-state index in [2.05, 4.69) is 10.1 Å². The van der Waals surface area contributed by atoms with Gasteiger partial charge < -0.3 is 14.8 Å². The maximum Gasteiger partial charge on any atom is 0.387 e. The lowest BCUT2D eigenvalue weighted by Crippen LogP contribution is -2.26. The van der Waals surface area contributed by atoms with Gasteiger partial charge in [0.1, 0.15) is 0 Å². The Bertz CT molecular complexity index is 677. The van der Waals surface area contributed by atoms with Gasteiger partial charge in [0, 0.05) is 5.56 Å². The van der Waals surface area contributed by atoms with Crippen LogP contribution in [0.1, 0.15) is 35.8 Å². The van der Waals surface area contributed by atoms with Crippen LogP contribution >= 0.6 is 0 Å². The van der Waals surface area contributed by atoms with Crippen LogP contribution in [0.2, 0.25) is 0 Å². The molecule has 1 N–H and O–H groups in total. The molecule has 0 fully saturated rings. The molecule has 0 radical (unpaired) electrons. The first-order chi connectivity index (χ1) is 11.5. The molecule has 0 bridgehead atoms. The minimum atomic E-state index is -2.96. The Balaban J connectivity index is 2.15. The summed E-state index contributed by atoms with van der Waals surface area (Å²) in [4.78, 5) is 12.4. The van der Waals surface area contributed by atoms with Gasteiger partial charge in [0.25, 0.3) is 5.91 Å². The topological polar surface area (TPSA) is 47.6 Å². The van der Waals surface area contributed by atoms with E-state index in [1.54, 1.807) is 6.92 Å². The van der Waals surface area contributed by atoms with E-state index in [0.717, 1.165) is 5.56 Å². The van der Waals surface area contributed by atoms with E-state index < -0.39 is 6.61 Å². The van der Waals surface area contributed by atoms with Gasteiger partial charge >= 0.3 is 6.61 Å². The minimum Gasteiger partial charge on any atom is -0.490 e. The Morgan fingerprint density at radius 2 is 1.83 bits per heavy atom. The van der Waals surface area contributed by atoms with Crippen molar-refractivity contribution in [1.29, 1.82) is 0 Å². The largest absolute Gasteiger partial charge is 0.490 e. The lowest BCUT2D eigenvalue weighted by atomic mass is 10.1. The number of carbonyl (C=O) groups is 1. The molecular weight excluding hydrogens is 316 g/mol. The standard InChI is InChI=1S/C18H19F2NO3/c1-3-23-16-11-14(9-10-15(16)24-18(19)20)17(22)21-12(2)13-7-5-4-6-8-13/h4-12,18H,3H2,1-2H3,(H,21,22)/t12-/m0/s1. The number of carbonyl (C=O) groups excluding carboxylic acids is 1. The predicted molar refractivity (Wildman–Crippen MR) is 86.6 cm³/mol. The molecule has 1 amide bonds. The number of nitrogens with one attached hydrogen (secondary N) is 1. The number of rotatable bonds is 7. The van der Waals surface area contributed by atoms with Crippen molar-refractivity contribution in [3.8, 4) is 11.5 Å². The average molecular weight is 335 g/mol. The van der Waals surface area contributed by atoms with Gasteiger partial charge in [0.05, 0.1) is 12.6 Å². The Kier molecular flexibility index (Phi) is 6.12. The second-order valence-corrected chi connectivity index (χ2v) is 5.08. The van der Waals surface area contributed by atoms with Gasteiger partial charge in [-0.25, -0.2) is 0 Å². The molecule has 2 rings (SSSR count). The highest BCUT2D eigenvalue weighted by atomic mass is 19.3. The van der Waals surface area contributed by atoms with Crippen LogP contribution in [0.5, 0.6) is 11.5 Å². The maximum atomic E-state index is 12.4. The summed E-state index contributed by atoms with van der Waals surface area (Å²) in [6.45, 7) is 0.897. The number of hydrogen-bond acceptors (Lipinski definition) is 3. The van der Waals surface area contributed by atoms with Crippen LogP contribution in [0, 0.1) is 0 Å². The molecule has 1 atom stereocenters. The Hall–Kier alpha value is -2.63. The fraction of sp³-hybridized carbons (Fsp3) is 0.278. The van der Waals surface area contributed by atoms with Crippen LogP contribution in [0.15, 0.2) is 48.5 Å². The summed E-state index contributed by atoms with van der Waals surface area (Å²) >= 11 is 0. The Labute approximate surface area is 139 Å². The van der Waals surface area contributed by atoms with Crippen molar-refractivity contribution >= 4 is 5.91 Å². The smallest absolute Gasteiger partial charge is 0.387 e. The van der Waals surface area contributed by atoms with Crippen LogP contribution in [-0.4, -0.2) is 19.1 Å². The second kappa shape index (κ2) is 8.29. The lowest BCUT2D eigenvalue weighted by molar-refractivity contribution is -0.0514. The SMILES string of the molecule is CCOc1cc(C(=O)N[C@@H](C)c2ccccc2)ccc1OC(F)F. The molecule has 24 heavy (non-hydrogen) atoms. The molecule has 4 nitrogen and oxygen atoms in total. The van der Waals surface area contributed by atoms with Gasteiger partial charge in [-0.15, -0.1) is 0 Å². The van der Waals surface area contributed by atoms with E-state index in [1.165, 1.54) is 18.2 Å². The monoisotopic (exact) mass is 335 g/mol. The molecule has 2 aromatic rings.